The van der Waals surface area contributed by atoms with Crippen molar-refractivity contribution in [1.29, 1.82) is 0 Å². The standard InChI is InChI=1S/C15H27NO3S/c1-12(7-10-20)14(19)16(11-13(17)18)15(2)8-5-3-4-6-9-15/h12,20H,3-11H2,1-2H3,(H,17,18). The Balaban J connectivity index is 2.91. The molecule has 1 amide bonds. The Morgan fingerprint density at radius 2 is 1.80 bits per heavy atom. The van der Waals surface area contributed by atoms with Crippen LogP contribution in [0.4, 0.5) is 0 Å². The van der Waals surface area contributed by atoms with E-state index < -0.39 is 5.97 Å². The highest BCUT2D eigenvalue weighted by atomic mass is 32.1. The Morgan fingerprint density at radius 3 is 2.25 bits per heavy atom. The van der Waals surface area contributed by atoms with E-state index in [1.807, 2.05) is 13.8 Å². The number of carbonyl (C=O) groups is 2. The highest BCUT2D eigenvalue weighted by molar-refractivity contribution is 7.80. The van der Waals surface area contributed by atoms with Crippen molar-refractivity contribution >= 4 is 24.5 Å². The number of rotatable bonds is 6. The number of thiol groups is 1. The summed E-state index contributed by atoms with van der Waals surface area (Å²) in [4.78, 5) is 25.4. The maximum Gasteiger partial charge on any atom is 0.323 e. The summed E-state index contributed by atoms with van der Waals surface area (Å²) in [6.07, 6.45) is 6.99. The second kappa shape index (κ2) is 7.91. The van der Waals surface area contributed by atoms with Gasteiger partial charge < -0.3 is 10.0 Å². The van der Waals surface area contributed by atoms with Gasteiger partial charge in [0, 0.05) is 11.5 Å². The minimum absolute atomic E-state index is 0.0362. The van der Waals surface area contributed by atoms with Gasteiger partial charge in [-0.2, -0.15) is 12.6 Å². The zero-order valence-electron chi connectivity index (χ0n) is 12.6. The number of hydrogen-bond donors (Lipinski definition) is 2. The molecule has 0 aromatic carbocycles. The maximum absolute atomic E-state index is 12.6. The molecule has 1 rings (SSSR count). The van der Waals surface area contributed by atoms with Crippen LogP contribution in [0.25, 0.3) is 0 Å². The lowest BCUT2D eigenvalue weighted by molar-refractivity contribution is -0.151. The minimum atomic E-state index is -0.929. The molecule has 0 aromatic rings. The van der Waals surface area contributed by atoms with Gasteiger partial charge in [0.1, 0.15) is 6.54 Å². The molecule has 1 aliphatic rings. The van der Waals surface area contributed by atoms with Gasteiger partial charge in [0.25, 0.3) is 0 Å². The van der Waals surface area contributed by atoms with Crippen molar-refractivity contribution in [3.8, 4) is 0 Å². The molecule has 0 aliphatic heterocycles. The second-order valence-corrected chi connectivity index (χ2v) is 6.59. The van der Waals surface area contributed by atoms with E-state index in [1.165, 1.54) is 12.8 Å². The van der Waals surface area contributed by atoms with Crippen molar-refractivity contribution in [2.24, 2.45) is 5.92 Å². The lowest BCUT2D eigenvalue weighted by atomic mass is 9.88. The van der Waals surface area contributed by atoms with Crippen LogP contribution in [0.3, 0.4) is 0 Å². The van der Waals surface area contributed by atoms with Crippen LogP contribution in [-0.4, -0.2) is 39.7 Å². The Bertz CT molecular complexity index is 338. The molecule has 5 heteroatoms. The molecule has 0 spiro atoms. The van der Waals surface area contributed by atoms with E-state index in [4.69, 9.17) is 5.11 Å². The first-order valence-electron chi connectivity index (χ1n) is 7.55. The fourth-order valence-corrected chi connectivity index (χ4v) is 3.40. The summed E-state index contributed by atoms with van der Waals surface area (Å²) in [5.74, 6) is -0.482. The van der Waals surface area contributed by atoms with E-state index in [-0.39, 0.29) is 23.9 Å². The number of hydrogen-bond acceptors (Lipinski definition) is 3. The van der Waals surface area contributed by atoms with Gasteiger partial charge in [-0.3, -0.25) is 9.59 Å². The number of nitrogens with zero attached hydrogens (tertiary/aromatic N) is 1. The topological polar surface area (TPSA) is 57.6 Å². The summed E-state index contributed by atoms with van der Waals surface area (Å²) in [7, 11) is 0. The molecule has 1 unspecified atom stereocenters. The third-order valence-electron chi connectivity index (χ3n) is 4.38. The van der Waals surface area contributed by atoms with Crippen LogP contribution >= 0.6 is 12.6 Å². The summed E-state index contributed by atoms with van der Waals surface area (Å²) in [6.45, 7) is 3.73. The second-order valence-electron chi connectivity index (χ2n) is 6.14. The fourth-order valence-electron chi connectivity index (χ4n) is 3.01. The first-order valence-corrected chi connectivity index (χ1v) is 8.18. The Morgan fingerprint density at radius 1 is 1.25 bits per heavy atom. The van der Waals surface area contributed by atoms with E-state index >= 15 is 0 Å². The molecule has 20 heavy (non-hydrogen) atoms. The summed E-state index contributed by atoms with van der Waals surface area (Å²) in [6, 6.07) is 0. The van der Waals surface area contributed by atoms with Crippen LogP contribution in [0.1, 0.15) is 58.8 Å². The Hall–Kier alpha value is -0.710. The molecule has 0 saturated heterocycles. The number of carboxylic acid groups (broad SMARTS) is 1. The van der Waals surface area contributed by atoms with Gasteiger partial charge in [0.05, 0.1) is 0 Å². The van der Waals surface area contributed by atoms with Gasteiger partial charge in [-0.25, -0.2) is 0 Å². The normalized spacial score (nSPS) is 19.9. The van der Waals surface area contributed by atoms with E-state index in [9.17, 15) is 9.59 Å². The number of carbonyl (C=O) groups excluding carboxylic acids is 1. The van der Waals surface area contributed by atoms with Crippen LogP contribution in [0.2, 0.25) is 0 Å². The quantitative estimate of drug-likeness (QED) is 0.586. The van der Waals surface area contributed by atoms with Crippen molar-refractivity contribution in [3.63, 3.8) is 0 Å². The Kier molecular flexibility index (Phi) is 6.86. The van der Waals surface area contributed by atoms with Crippen molar-refractivity contribution in [2.45, 2.75) is 64.3 Å². The number of carboxylic acids is 1. The molecular weight excluding hydrogens is 274 g/mol. The van der Waals surface area contributed by atoms with Gasteiger partial charge in [0.15, 0.2) is 0 Å². The zero-order valence-corrected chi connectivity index (χ0v) is 13.5. The number of aliphatic carboxylic acids is 1. The molecule has 0 aromatic heterocycles. The van der Waals surface area contributed by atoms with Crippen LogP contribution in [0.15, 0.2) is 0 Å². The van der Waals surface area contributed by atoms with Crippen molar-refractivity contribution in [2.75, 3.05) is 12.3 Å². The van der Waals surface area contributed by atoms with Gasteiger partial charge in [-0.05, 0) is 31.9 Å². The van der Waals surface area contributed by atoms with Gasteiger partial charge in [0.2, 0.25) is 5.91 Å². The van der Waals surface area contributed by atoms with E-state index in [1.54, 1.807) is 4.90 Å². The largest absolute Gasteiger partial charge is 0.480 e. The van der Waals surface area contributed by atoms with Crippen molar-refractivity contribution < 1.29 is 14.7 Å². The third kappa shape index (κ3) is 4.69. The SMILES string of the molecule is CC(CCS)C(=O)N(CC(=O)O)C1(C)CCCCCC1. The predicted molar refractivity (Wildman–Crippen MR) is 83.1 cm³/mol. The lowest BCUT2D eigenvalue weighted by Gasteiger charge is -2.41. The van der Waals surface area contributed by atoms with Crippen LogP contribution < -0.4 is 0 Å². The molecule has 4 nitrogen and oxygen atoms in total. The van der Waals surface area contributed by atoms with Crippen molar-refractivity contribution in [3.05, 3.63) is 0 Å². The third-order valence-corrected chi connectivity index (χ3v) is 4.63. The zero-order chi connectivity index (χ0) is 15.2. The highest BCUT2D eigenvalue weighted by Crippen LogP contribution is 2.33. The minimum Gasteiger partial charge on any atom is -0.480 e. The van der Waals surface area contributed by atoms with E-state index in [2.05, 4.69) is 12.6 Å². The summed E-state index contributed by atoms with van der Waals surface area (Å²) in [5.41, 5.74) is -0.309. The average molecular weight is 301 g/mol. The van der Waals surface area contributed by atoms with Crippen molar-refractivity contribution in [1.82, 2.24) is 4.90 Å². The molecule has 116 valence electrons. The van der Waals surface area contributed by atoms with E-state index in [0.717, 1.165) is 25.7 Å². The Labute approximate surface area is 127 Å². The molecule has 0 bridgehead atoms. The summed E-state index contributed by atoms with van der Waals surface area (Å²) < 4.78 is 0. The van der Waals surface area contributed by atoms with Gasteiger partial charge in [-0.15, -0.1) is 0 Å². The maximum atomic E-state index is 12.6. The molecule has 1 aliphatic carbocycles. The fraction of sp³-hybridized carbons (Fsp3) is 0.867. The van der Waals surface area contributed by atoms with E-state index in [0.29, 0.717) is 12.2 Å². The molecular formula is C15H27NO3S. The lowest BCUT2D eigenvalue weighted by Crippen LogP contribution is -2.53. The number of amides is 1. The first-order chi connectivity index (χ1) is 9.40. The smallest absolute Gasteiger partial charge is 0.323 e. The average Bonchev–Trinajstić information content (AvgIpc) is 2.61. The molecule has 0 heterocycles. The van der Waals surface area contributed by atoms with Gasteiger partial charge >= 0.3 is 5.97 Å². The molecule has 1 atom stereocenters. The predicted octanol–water partition coefficient (Wildman–Crippen LogP) is 2.97. The summed E-state index contributed by atoms with van der Waals surface area (Å²) in [5, 5.41) is 9.15. The van der Waals surface area contributed by atoms with Crippen LogP contribution in [-0.2, 0) is 9.59 Å². The van der Waals surface area contributed by atoms with Crippen LogP contribution in [0.5, 0.6) is 0 Å². The highest BCUT2D eigenvalue weighted by Gasteiger charge is 2.38. The molecule has 0 radical (unpaired) electrons. The molecule has 1 N–H and O–H groups in total. The monoisotopic (exact) mass is 301 g/mol. The first kappa shape index (κ1) is 17.3. The van der Waals surface area contributed by atoms with Crippen LogP contribution in [0, 0.1) is 5.92 Å². The summed E-state index contributed by atoms with van der Waals surface area (Å²) >= 11 is 4.17. The molecule has 1 fully saturated rings. The molecule has 1 saturated carbocycles. The van der Waals surface area contributed by atoms with Gasteiger partial charge in [-0.1, -0.05) is 32.6 Å².